The predicted octanol–water partition coefficient (Wildman–Crippen LogP) is 4.74. The lowest BCUT2D eigenvalue weighted by molar-refractivity contribution is -0.203. The third-order valence-corrected chi connectivity index (χ3v) is 12.3. The molecule has 1 saturated heterocycles. The zero-order valence-corrected chi connectivity index (χ0v) is 19.9. The number of esters is 1. The first kappa shape index (κ1) is 21.0. The van der Waals surface area contributed by atoms with Crippen LogP contribution in [0.4, 0.5) is 0 Å². The van der Waals surface area contributed by atoms with E-state index in [1.807, 2.05) is 0 Å². The normalized spacial score (nSPS) is 53.3. The van der Waals surface area contributed by atoms with Crippen LogP contribution in [0, 0.1) is 34.5 Å². The summed E-state index contributed by atoms with van der Waals surface area (Å²) in [6.07, 6.45) is 12.9. The number of epoxide rings is 1. The molecule has 2 aliphatic heterocycles. The van der Waals surface area contributed by atoms with Crippen molar-refractivity contribution in [3.05, 3.63) is 11.6 Å². The number of thioether (sulfide) groups is 1. The zero-order chi connectivity index (χ0) is 21.4. The second-order valence-corrected chi connectivity index (χ2v) is 13.3. The van der Waals surface area contributed by atoms with Crippen LogP contribution in [0.1, 0.15) is 71.6 Å². The van der Waals surface area contributed by atoms with Crippen molar-refractivity contribution < 1.29 is 19.4 Å². The first-order valence-electron chi connectivity index (χ1n) is 12.7. The number of rotatable bonds is 4. The highest BCUT2D eigenvalue weighted by molar-refractivity contribution is 7.99. The third kappa shape index (κ3) is 3.12. The maximum Gasteiger partial charge on any atom is 0.331 e. The Hall–Kier alpha value is -0.520. The molecule has 1 unspecified atom stereocenters. The average molecular weight is 447 g/mol. The second-order valence-electron chi connectivity index (χ2n) is 12.0. The number of aliphatic hydroxyl groups is 1. The van der Waals surface area contributed by atoms with E-state index < -0.39 is 5.60 Å². The van der Waals surface area contributed by atoms with Crippen molar-refractivity contribution in [3.63, 3.8) is 0 Å². The van der Waals surface area contributed by atoms with Crippen molar-refractivity contribution >= 4 is 17.7 Å². The standard InChI is InChI=1S/C26H38O4S/c1-24-8-5-19(31-15-18-14-29-18)12-17(24)3-4-22-21(24)6-9-25(2)20(7-10-26(22,25)28)16-11-23(27)30-13-16/h11,17-22,28H,3-10,12-15H2,1-2H3/t17-,18?,19+,20-,21+,22-,24+,25-,26+/m1/s1. The first-order valence-corrected chi connectivity index (χ1v) is 13.7. The van der Waals surface area contributed by atoms with Crippen LogP contribution in [-0.4, -0.2) is 47.0 Å². The van der Waals surface area contributed by atoms with Gasteiger partial charge < -0.3 is 14.6 Å². The van der Waals surface area contributed by atoms with Crippen LogP contribution in [0.2, 0.25) is 0 Å². The summed E-state index contributed by atoms with van der Waals surface area (Å²) in [5, 5.41) is 13.1. The minimum Gasteiger partial charge on any atom is -0.458 e. The number of carbonyl (C=O) groups is 1. The molecule has 0 aromatic heterocycles. The lowest BCUT2D eigenvalue weighted by Crippen LogP contribution is -2.62. The zero-order valence-electron chi connectivity index (χ0n) is 19.1. The van der Waals surface area contributed by atoms with Gasteiger partial charge in [-0.25, -0.2) is 4.79 Å². The van der Waals surface area contributed by atoms with E-state index in [1.54, 1.807) is 6.08 Å². The molecule has 0 bridgehead atoms. The van der Waals surface area contributed by atoms with Gasteiger partial charge in [0.15, 0.2) is 0 Å². The number of carbonyl (C=O) groups excluding carboxylic acids is 1. The summed E-state index contributed by atoms with van der Waals surface area (Å²) in [5.41, 5.74) is 0.820. The Morgan fingerprint density at radius 1 is 1.10 bits per heavy atom. The molecular weight excluding hydrogens is 408 g/mol. The molecule has 0 amide bonds. The van der Waals surface area contributed by atoms with Gasteiger partial charge in [-0.3, -0.25) is 0 Å². The molecule has 1 N–H and O–H groups in total. The summed E-state index contributed by atoms with van der Waals surface area (Å²) in [6, 6.07) is 0. The maximum absolute atomic E-state index is 12.3. The van der Waals surface area contributed by atoms with Crippen LogP contribution in [0.3, 0.4) is 0 Å². The molecule has 2 heterocycles. The highest BCUT2D eigenvalue weighted by atomic mass is 32.2. The lowest BCUT2D eigenvalue weighted by Gasteiger charge is -2.64. The molecule has 5 fully saturated rings. The van der Waals surface area contributed by atoms with E-state index in [0.29, 0.717) is 35.9 Å². The number of hydrogen-bond acceptors (Lipinski definition) is 5. The molecule has 31 heavy (non-hydrogen) atoms. The van der Waals surface area contributed by atoms with Crippen molar-refractivity contribution in [2.75, 3.05) is 19.0 Å². The van der Waals surface area contributed by atoms with E-state index in [9.17, 15) is 9.90 Å². The van der Waals surface area contributed by atoms with Crippen molar-refractivity contribution in [3.8, 4) is 0 Å². The summed E-state index contributed by atoms with van der Waals surface area (Å²) in [4.78, 5) is 11.7. The van der Waals surface area contributed by atoms with Gasteiger partial charge in [-0.1, -0.05) is 13.8 Å². The molecule has 4 saturated carbocycles. The Morgan fingerprint density at radius 2 is 1.94 bits per heavy atom. The molecule has 172 valence electrons. The van der Waals surface area contributed by atoms with E-state index >= 15 is 0 Å². The molecule has 0 radical (unpaired) electrons. The van der Waals surface area contributed by atoms with Gasteiger partial charge in [0.05, 0.1) is 18.3 Å². The van der Waals surface area contributed by atoms with Gasteiger partial charge in [0.25, 0.3) is 0 Å². The molecule has 6 rings (SSSR count). The minimum atomic E-state index is -0.587. The van der Waals surface area contributed by atoms with E-state index in [2.05, 4.69) is 25.6 Å². The molecule has 0 aromatic carbocycles. The predicted molar refractivity (Wildman–Crippen MR) is 122 cm³/mol. The summed E-state index contributed by atoms with van der Waals surface area (Å²) in [5.74, 6) is 3.16. The Labute approximate surface area is 190 Å². The van der Waals surface area contributed by atoms with Gasteiger partial charge in [-0.15, -0.1) is 0 Å². The van der Waals surface area contributed by atoms with Gasteiger partial charge >= 0.3 is 5.97 Å². The fourth-order valence-electron chi connectivity index (χ4n) is 8.93. The Kier molecular flexibility index (Phi) is 4.91. The summed E-state index contributed by atoms with van der Waals surface area (Å²) in [7, 11) is 0. The molecule has 4 nitrogen and oxygen atoms in total. The van der Waals surface area contributed by atoms with Crippen molar-refractivity contribution in [2.45, 2.75) is 88.6 Å². The van der Waals surface area contributed by atoms with Gasteiger partial charge in [0.2, 0.25) is 0 Å². The van der Waals surface area contributed by atoms with Crippen LogP contribution in [0.5, 0.6) is 0 Å². The molecule has 6 aliphatic rings. The van der Waals surface area contributed by atoms with Crippen LogP contribution < -0.4 is 0 Å². The number of hydrogen-bond donors (Lipinski definition) is 1. The number of fused-ring (bicyclic) bond motifs is 5. The van der Waals surface area contributed by atoms with Crippen LogP contribution in [0.15, 0.2) is 11.6 Å². The van der Waals surface area contributed by atoms with E-state index in [0.717, 1.165) is 42.6 Å². The summed E-state index contributed by atoms with van der Waals surface area (Å²) >= 11 is 2.16. The molecular formula is C26H38O4S. The molecule has 4 aliphatic carbocycles. The third-order valence-electron chi connectivity index (χ3n) is 10.9. The Morgan fingerprint density at radius 3 is 2.68 bits per heavy atom. The highest BCUT2D eigenvalue weighted by Gasteiger charge is 2.67. The Balaban J connectivity index is 1.21. The van der Waals surface area contributed by atoms with Crippen molar-refractivity contribution in [2.24, 2.45) is 34.5 Å². The Bertz CT molecular complexity index is 792. The summed E-state index contributed by atoms with van der Waals surface area (Å²) < 4.78 is 10.7. The molecule has 9 atom stereocenters. The average Bonchev–Trinajstić information content (AvgIpc) is 3.41. The van der Waals surface area contributed by atoms with Crippen LogP contribution >= 0.6 is 11.8 Å². The maximum atomic E-state index is 12.3. The lowest BCUT2D eigenvalue weighted by atomic mass is 9.43. The minimum absolute atomic E-state index is 0.117. The van der Waals surface area contributed by atoms with Crippen LogP contribution in [-0.2, 0) is 14.3 Å². The number of cyclic esters (lactones) is 1. The highest BCUT2D eigenvalue weighted by Crippen LogP contribution is 2.70. The van der Waals surface area contributed by atoms with Crippen molar-refractivity contribution in [1.82, 2.24) is 0 Å². The van der Waals surface area contributed by atoms with Gasteiger partial charge in [0.1, 0.15) is 6.61 Å². The molecule has 0 aromatic rings. The largest absolute Gasteiger partial charge is 0.458 e. The first-order chi connectivity index (χ1) is 14.8. The quantitative estimate of drug-likeness (QED) is 0.499. The van der Waals surface area contributed by atoms with Crippen molar-refractivity contribution in [1.29, 1.82) is 0 Å². The molecule has 5 heteroatoms. The second kappa shape index (κ2) is 7.24. The molecule has 0 spiro atoms. The van der Waals surface area contributed by atoms with Gasteiger partial charge in [0, 0.05) is 22.5 Å². The van der Waals surface area contributed by atoms with Gasteiger partial charge in [-0.2, -0.15) is 11.8 Å². The van der Waals surface area contributed by atoms with E-state index in [4.69, 9.17) is 9.47 Å². The fraction of sp³-hybridized carbons (Fsp3) is 0.885. The summed E-state index contributed by atoms with van der Waals surface area (Å²) in [6.45, 7) is 6.31. The number of ether oxygens (including phenoxy) is 2. The van der Waals surface area contributed by atoms with Crippen LogP contribution in [0.25, 0.3) is 0 Å². The topological polar surface area (TPSA) is 59.1 Å². The fourth-order valence-corrected chi connectivity index (χ4v) is 10.3. The SMILES string of the molecule is C[C@]12CC[C@H](SCC3CO3)C[C@H]1CC[C@@H]1[C@@H]2CC[C@]2(C)[C@@H](C3=CC(=O)OC3)CC[C@]12O. The monoisotopic (exact) mass is 446 g/mol. The van der Waals surface area contributed by atoms with Gasteiger partial charge in [-0.05, 0) is 92.4 Å². The smallest absolute Gasteiger partial charge is 0.331 e. The van der Waals surface area contributed by atoms with E-state index in [1.165, 1.54) is 44.3 Å². The van der Waals surface area contributed by atoms with E-state index in [-0.39, 0.29) is 11.4 Å².